The molecule has 0 radical (unpaired) electrons. The van der Waals surface area contributed by atoms with E-state index < -0.39 is 13.9 Å². The molecule has 3 saturated heterocycles. The van der Waals surface area contributed by atoms with Crippen LogP contribution in [-0.2, 0) is 14.2 Å². The van der Waals surface area contributed by atoms with Gasteiger partial charge in [0.05, 0.1) is 12.6 Å². The highest BCUT2D eigenvalue weighted by Gasteiger charge is 2.56. The highest BCUT2D eigenvalue weighted by atomic mass is 28.3. The fourth-order valence-corrected chi connectivity index (χ4v) is 5.26. The molecule has 3 aliphatic heterocycles. The average Bonchev–Trinajstić information content (AvgIpc) is 2.69. The molecule has 0 bridgehead atoms. The first-order valence-electron chi connectivity index (χ1n) is 7.47. The van der Waals surface area contributed by atoms with E-state index in [1.165, 1.54) is 0 Å². The lowest BCUT2D eigenvalue weighted by molar-refractivity contribution is -0.164. The van der Waals surface area contributed by atoms with Crippen molar-refractivity contribution in [3.8, 4) is 0 Å². The maximum absolute atomic E-state index is 12.2. The van der Waals surface area contributed by atoms with Crippen LogP contribution in [0.15, 0.2) is 0 Å². The lowest BCUT2D eigenvalue weighted by atomic mass is 10.0. The number of carbonyl (C=O) groups excluding carboxylic acids is 1. The lowest BCUT2D eigenvalue weighted by Gasteiger charge is -2.38. The van der Waals surface area contributed by atoms with Crippen molar-refractivity contribution in [1.82, 2.24) is 4.90 Å². The molecule has 0 saturated carbocycles. The smallest absolute Gasteiger partial charge is 0.410 e. The van der Waals surface area contributed by atoms with Crippen molar-refractivity contribution in [3.63, 3.8) is 0 Å². The SMILES string of the molecule is CC1(C)O[C@H]2[C@H](CN3C(=O)O[C@@H](C[Si](C)(C)C)C[C@H]23)O1. The number of rotatable bonds is 2. The summed E-state index contributed by atoms with van der Waals surface area (Å²) in [5, 5.41) is 0. The van der Waals surface area contributed by atoms with Gasteiger partial charge in [-0.2, -0.15) is 0 Å². The molecule has 3 heterocycles. The third-order valence-corrected chi connectivity index (χ3v) is 5.90. The molecule has 4 atom stereocenters. The summed E-state index contributed by atoms with van der Waals surface area (Å²) >= 11 is 0. The van der Waals surface area contributed by atoms with Gasteiger partial charge in [-0.25, -0.2) is 4.79 Å². The summed E-state index contributed by atoms with van der Waals surface area (Å²) in [4.78, 5) is 14.0. The highest BCUT2D eigenvalue weighted by Crippen LogP contribution is 2.41. The van der Waals surface area contributed by atoms with Gasteiger partial charge in [-0.3, -0.25) is 4.90 Å². The quantitative estimate of drug-likeness (QED) is 0.735. The maximum Gasteiger partial charge on any atom is 0.410 e. The van der Waals surface area contributed by atoms with Crippen LogP contribution in [0, 0.1) is 0 Å². The first-order chi connectivity index (χ1) is 9.15. The Morgan fingerprint density at radius 1 is 1.30 bits per heavy atom. The summed E-state index contributed by atoms with van der Waals surface area (Å²) in [6.07, 6.45) is 0.719. The van der Waals surface area contributed by atoms with Gasteiger partial charge in [0, 0.05) is 14.5 Å². The van der Waals surface area contributed by atoms with Crippen LogP contribution in [0.3, 0.4) is 0 Å². The highest BCUT2D eigenvalue weighted by molar-refractivity contribution is 6.76. The van der Waals surface area contributed by atoms with Crippen LogP contribution in [-0.4, -0.2) is 55.8 Å². The minimum atomic E-state index is -1.25. The largest absolute Gasteiger partial charge is 0.446 e. The molecule has 0 N–H and O–H groups in total. The zero-order valence-corrected chi connectivity index (χ0v) is 14.0. The molecule has 0 spiro atoms. The monoisotopic (exact) mass is 299 g/mol. The van der Waals surface area contributed by atoms with Crippen LogP contribution in [0.25, 0.3) is 0 Å². The van der Waals surface area contributed by atoms with Crippen LogP contribution in [0.5, 0.6) is 0 Å². The van der Waals surface area contributed by atoms with E-state index in [0.717, 1.165) is 12.5 Å². The fraction of sp³-hybridized carbons (Fsp3) is 0.929. The second kappa shape index (κ2) is 4.45. The van der Waals surface area contributed by atoms with Crippen LogP contribution >= 0.6 is 0 Å². The van der Waals surface area contributed by atoms with E-state index in [2.05, 4.69) is 19.6 Å². The lowest BCUT2D eigenvalue weighted by Crippen LogP contribution is -2.50. The number of ether oxygens (including phenoxy) is 3. The second-order valence-electron chi connectivity index (χ2n) is 7.86. The van der Waals surface area contributed by atoms with Gasteiger partial charge in [-0.15, -0.1) is 0 Å². The van der Waals surface area contributed by atoms with Crippen molar-refractivity contribution in [2.45, 2.75) is 76.1 Å². The molecular weight excluding hydrogens is 274 g/mol. The molecular formula is C14H25NO4Si. The van der Waals surface area contributed by atoms with E-state index in [0.29, 0.717) is 6.54 Å². The number of fused-ring (bicyclic) bond motifs is 3. The van der Waals surface area contributed by atoms with E-state index in [1.807, 2.05) is 13.8 Å². The number of cyclic esters (lactones) is 1. The minimum Gasteiger partial charge on any atom is -0.446 e. The molecule has 3 aliphatic rings. The molecule has 0 aromatic heterocycles. The summed E-state index contributed by atoms with van der Waals surface area (Å²) in [7, 11) is -1.25. The van der Waals surface area contributed by atoms with E-state index >= 15 is 0 Å². The summed E-state index contributed by atoms with van der Waals surface area (Å²) in [5.74, 6) is -0.531. The van der Waals surface area contributed by atoms with Crippen molar-refractivity contribution >= 4 is 14.2 Å². The molecule has 20 heavy (non-hydrogen) atoms. The molecule has 114 valence electrons. The normalized spacial score (nSPS) is 39.5. The number of hydrogen-bond donors (Lipinski definition) is 0. The van der Waals surface area contributed by atoms with Gasteiger partial charge >= 0.3 is 6.09 Å². The standard InChI is InChI=1S/C14H25NO4Si/c1-14(2)18-11-7-15-10(12(11)19-14)6-9(17-13(15)16)8-20(3,4)5/h9-12H,6-8H2,1-5H3/t9-,10-,11+,12-/m1/s1. The van der Waals surface area contributed by atoms with Crippen molar-refractivity contribution in [2.75, 3.05) is 6.54 Å². The van der Waals surface area contributed by atoms with E-state index in [-0.39, 0.29) is 30.4 Å². The number of carbonyl (C=O) groups is 1. The topological polar surface area (TPSA) is 48.0 Å². The van der Waals surface area contributed by atoms with Crippen LogP contribution in [0.4, 0.5) is 4.79 Å². The molecule has 5 nitrogen and oxygen atoms in total. The van der Waals surface area contributed by atoms with E-state index in [9.17, 15) is 4.79 Å². The van der Waals surface area contributed by atoms with Gasteiger partial charge < -0.3 is 14.2 Å². The zero-order valence-electron chi connectivity index (χ0n) is 13.0. The predicted octanol–water partition coefficient (Wildman–Crippen LogP) is 2.44. The summed E-state index contributed by atoms with van der Waals surface area (Å²) < 4.78 is 17.5. The number of hydrogen-bond acceptors (Lipinski definition) is 4. The Morgan fingerprint density at radius 3 is 2.65 bits per heavy atom. The van der Waals surface area contributed by atoms with Crippen molar-refractivity contribution in [2.24, 2.45) is 0 Å². The second-order valence-corrected chi connectivity index (χ2v) is 13.4. The summed E-state index contributed by atoms with van der Waals surface area (Å²) in [6.45, 7) is 11.4. The van der Waals surface area contributed by atoms with Crippen molar-refractivity contribution in [3.05, 3.63) is 0 Å². The summed E-state index contributed by atoms with van der Waals surface area (Å²) in [5.41, 5.74) is 0. The van der Waals surface area contributed by atoms with Gasteiger partial charge in [0.2, 0.25) is 0 Å². The Hall–Kier alpha value is -0.593. The first kappa shape index (κ1) is 14.3. The van der Waals surface area contributed by atoms with Crippen LogP contribution < -0.4 is 0 Å². The molecule has 1 amide bonds. The van der Waals surface area contributed by atoms with Gasteiger partial charge in [0.15, 0.2) is 5.79 Å². The van der Waals surface area contributed by atoms with Crippen LogP contribution in [0.2, 0.25) is 25.7 Å². The zero-order chi connectivity index (χ0) is 14.7. The third-order valence-electron chi connectivity index (χ3n) is 4.22. The number of nitrogens with zero attached hydrogens (tertiary/aromatic N) is 1. The van der Waals surface area contributed by atoms with E-state index in [4.69, 9.17) is 14.2 Å². The molecule has 0 aromatic rings. The summed E-state index contributed by atoms with van der Waals surface area (Å²) in [6, 6.07) is 1.13. The van der Waals surface area contributed by atoms with Crippen LogP contribution in [0.1, 0.15) is 20.3 Å². The molecule has 0 aromatic carbocycles. The Balaban J connectivity index is 1.73. The molecule has 3 rings (SSSR count). The minimum absolute atomic E-state index is 0.00184. The molecule has 3 fully saturated rings. The van der Waals surface area contributed by atoms with Crippen molar-refractivity contribution in [1.29, 1.82) is 0 Å². The Bertz CT molecular complexity index is 420. The van der Waals surface area contributed by atoms with Gasteiger partial charge in [0.1, 0.15) is 18.3 Å². The Morgan fingerprint density at radius 2 is 2.00 bits per heavy atom. The molecule has 0 aliphatic carbocycles. The van der Waals surface area contributed by atoms with Gasteiger partial charge in [-0.05, 0) is 19.9 Å². The third kappa shape index (κ3) is 2.61. The molecule has 0 unspecified atom stereocenters. The number of amides is 1. The van der Waals surface area contributed by atoms with Crippen molar-refractivity contribution < 1.29 is 19.0 Å². The average molecular weight is 299 g/mol. The Kier molecular flexibility index (Phi) is 3.19. The maximum atomic E-state index is 12.2. The van der Waals surface area contributed by atoms with Gasteiger partial charge in [-0.1, -0.05) is 19.6 Å². The molecule has 6 heteroatoms. The predicted molar refractivity (Wildman–Crippen MR) is 77.4 cm³/mol. The first-order valence-corrected chi connectivity index (χ1v) is 11.2. The van der Waals surface area contributed by atoms with Gasteiger partial charge in [0.25, 0.3) is 0 Å². The van der Waals surface area contributed by atoms with E-state index in [1.54, 1.807) is 4.90 Å². The Labute approximate surface area is 121 Å². The fourth-order valence-electron chi connectivity index (χ4n) is 3.64.